The average Bonchev–Trinajstić information content (AvgIpc) is 3.28. The Morgan fingerprint density at radius 1 is 1.15 bits per heavy atom. The zero-order valence-electron chi connectivity index (χ0n) is 15.2. The van der Waals surface area contributed by atoms with Gasteiger partial charge in [0.2, 0.25) is 0 Å². The number of carbonyl (C=O) groups excluding carboxylic acids is 1. The Balaban J connectivity index is 1.71. The van der Waals surface area contributed by atoms with Gasteiger partial charge in [-0.1, -0.05) is 0 Å². The van der Waals surface area contributed by atoms with Crippen molar-refractivity contribution in [1.29, 1.82) is 0 Å². The maximum atomic E-state index is 13.4. The molecule has 2 aromatic heterocycles. The molecular formula is C19H24N2O3S2. The van der Waals surface area contributed by atoms with Crippen molar-refractivity contribution in [2.75, 3.05) is 18.8 Å². The Labute approximate surface area is 158 Å². The second-order valence-electron chi connectivity index (χ2n) is 7.75. The van der Waals surface area contributed by atoms with Crippen molar-refractivity contribution in [1.82, 2.24) is 9.47 Å². The highest BCUT2D eigenvalue weighted by atomic mass is 32.2. The molecule has 1 aliphatic heterocycles. The van der Waals surface area contributed by atoms with Crippen LogP contribution in [-0.4, -0.2) is 47.4 Å². The van der Waals surface area contributed by atoms with Gasteiger partial charge in [-0.05, 0) is 57.2 Å². The van der Waals surface area contributed by atoms with Crippen molar-refractivity contribution in [3.63, 3.8) is 0 Å². The van der Waals surface area contributed by atoms with E-state index in [1.807, 2.05) is 29.1 Å². The van der Waals surface area contributed by atoms with Gasteiger partial charge in [-0.15, -0.1) is 11.3 Å². The van der Waals surface area contributed by atoms with Gasteiger partial charge in [-0.25, -0.2) is 8.42 Å². The second-order valence-corrected chi connectivity index (χ2v) is 11.6. The van der Waals surface area contributed by atoms with Crippen LogP contribution in [0.2, 0.25) is 0 Å². The van der Waals surface area contributed by atoms with E-state index >= 15 is 0 Å². The molecule has 1 saturated heterocycles. The fourth-order valence-corrected chi connectivity index (χ4v) is 6.56. The first-order valence-electron chi connectivity index (χ1n) is 9.10. The standard InChI is InChI=1S/C19H24N2O3S2/c1-19(2)8-11-20(12-13-26(19,23)24)17(22)16-14-6-5-7-15(14)25-18(16)21-9-3-4-10-21/h3-4,9-10H,5-8,11-13H2,1-2H3. The summed E-state index contributed by atoms with van der Waals surface area (Å²) < 4.78 is 26.2. The van der Waals surface area contributed by atoms with Gasteiger partial charge in [0.25, 0.3) is 5.91 Å². The first-order valence-corrected chi connectivity index (χ1v) is 11.6. The molecule has 4 rings (SSSR count). The summed E-state index contributed by atoms with van der Waals surface area (Å²) in [5.41, 5.74) is 1.96. The van der Waals surface area contributed by atoms with Gasteiger partial charge < -0.3 is 9.47 Å². The lowest BCUT2D eigenvalue weighted by Crippen LogP contribution is -2.34. The number of thiophene rings is 1. The van der Waals surface area contributed by atoms with E-state index in [0.29, 0.717) is 13.0 Å². The number of hydrogen-bond acceptors (Lipinski definition) is 4. The number of amides is 1. The molecule has 0 saturated carbocycles. The first-order chi connectivity index (χ1) is 12.3. The molecule has 3 heterocycles. The van der Waals surface area contributed by atoms with E-state index < -0.39 is 14.6 Å². The number of hydrogen-bond donors (Lipinski definition) is 0. The normalized spacial score (nSPS) is 21.4. The molecule has 1 aliphatic carbocycles. The molecule has 7 heteroatoms. The average molecular weight is 393 g/mol. The number of sulfone groups is 1. The predicted octanol–water partition coefficient (Wildman–Crippen LogP) is 3.07. The van der Waals surface area contributed by atoms with E-state index in [-0.39, 0.29) is 18.2 Å². The van der Waals surface area contributed by atoms with Crippen molar-refractivity contribution in [2.45, 2.75) is 44.3 Å². The van der Waals surface area contributed by atoms with E-state index in [0.717, 1.165) is 29.8 Å². The highest BCUT2D eigenvalue weighted by Crippen LogP contribution is 2.39. The summed E-state index contributed by atoms with van der Waals surface area (Å²) in [4.78, 5) is 16.5. The molecule has 0 aromatic carbocycles. The second kappa shape index (κ2) is 6.23. The minimum atomic E-state index is -3.19. The summed E-state index contributed by atoms with van der Waals surface area (Å²) in [5, 5.41) is 0.969. The van der Waals surface area contributed by atoms with E-state index in [2.05, 4.69) is 0 Å². The van der Waals surface area contributed by atoms with Crippen LogP contribution in [0.1, 0.15) is 47.5 Å². The smallest absolute Gasteiger partial charge is 0.257 e. The topological polar surface area (TPSA) is 59.4 Å². The van der Waals surface area contributed by atoms with Crippen molar-refractivity contribution in [3.05, 3.63) is 40.5 Å². The molecule has 2 aliphatic rings. The van der Waals surface area contributed by atoms with Gasteiger partial charge in [0.1, 0.15) is 5.00 Å². The molecule has 26 heavy (non-hydrogen) atoms. The number of fused-ring (bicyclic) bond motifs is 1. The Bertz CT molecular complexity index is 940. The molecule has 0 atom stereocenters. The van der Waals surface area contributed by atoms with E-state index in [4.69, 9.17) is 0 Å². The Morgan fingerprint density at radius 3 is 2.62 bits per heavy atom. The van der Waals surface area contributed by atoms with Crippen LogP contribution in [0, 0.1) is 0 Å². The van der Waals surface area contributed by atoms with E-state index in [1.165, 1.54) is 10.4 Å². The fraction of sp³-hybridized carbons (Fsp3) is 0.526. The first kappa shape index (κ1) is 17.8. The minimum absolute atomic E-state index is 0.0130. The molecule has 0 bridgehead atoms. The van der Waals surface area contributed by atoms with Crippen LogP contribution in [0.25, 0.3) is 5.00 Å². The molecule has 140 valence electrons. The highest BCUT2D eigenvalue weighted by molar-refractivity contribution is 7.92. The Kier molecular flexibility index (Phi) is 4.27. The third-order valence-corrected chi connectivity index (χ3v) is 9.61. The number of aromatic nitrogens is 1. The summed E-state index contributed by atoms with van der Waals surface area (Å²) in [6.45, 7) is 4.30. The Hall–Kier alpha value is -1.60. The summed E-state index contributed by atoms with van der Waals surface area (Å²) in [5.74, 6) is 0.0256. The lowest BCUT2D eigenvalue weighted by Gasteiger charge is -2.23. The van der Waals surface area contributed by atoms with Crippen LogP contribution < -0.4 is 0 Å². The van der Waals surface area contributed by atoms with Crippen molar-refractivity contribution >= 4 is 27.1 Å². The SMILES string of the molecule is CC1(C)CCN(C(=O)c2c(-n3cccc3)sc3c2CCC3)CCS1(=O)=O. The van der Waals surface area contributed by atoms with Crippen LogP contribution in [0.4, 0.5) is 0 Å². The molecule has 1 amide bonds. The van der Waals surface area contributed by atoms with Gasteiger partial charge >= 0.3 is 0 Å². The van der Waals surface area contributed by atoms with E-state index in [9.17, 15) is 13.2 Å². The molecule has 0 spiro atoms. The molecule has 0 N–H and O–H groups in total. The summed E-state index contributed by atoms with van der Waals surface area (Å²) in [6.07, 6.45) is 7.47. The lowest BCUT2D eigenvalue weighted by molar-refractivity contribution is 0.0764. The maximum Gasteiger partial charge on any atom is 0.257 e. The molecule has 0 radical (unpaired) electrons. The number of rotatable bonds is 2. The van der Waals surface area contributed by atoms with Crippen LogP contribution >= 0.6 is 11.3 Å². The van der Waals surface area contributed by atoms with Crippen LogP contribution in [-0.2, 0) is 22.7 Å². The number of carbonyl (C=O) groups is 1. The number of aryl methyl sites for hydroxylation is 1. The van der Waals surface area contributed by atoms with Gasteiger partial charge in [0.15, 0.2) is 9.84 Å². The van der Waals surface area contributed by atoms with Gasteiger partial charge in [-0.3, -0.25) is 4.79 Å². The van der Waals surface area contributed by atoms with Crippen molar-refractivity contribution in [2.24, 2.45) is 0 Å². The monoisotopic (exact) mass is 392 g/mol. The zero-order valence-corrected chi connectivity index (χ0v) is 16.8. The molecule has 1 fully saturated rings. The van der Waals surface area contributed by atoms with Crippen LogP contribution in [0.5, 0.6) is 0 Å². The Morgan fingerprint density at radius 2 is 1.88 bits per heavy atom. The lowest BCUT2D eigenvalue weighted by atomic mass is 10.1. The molecule has 0 unspecified atom stereocenters. The minimum Gasteiger partial charge on any atom is -0.337 e. The van der Waals surface area contributed by atoms with Gasteiger partial charge in [0, 0.05) is 30.4 Å². The van der Waals surface area contributed by atoms with Crippen molar-refractivity contribution in [3.8, 4) is 5.00 Å². The molecule has 2 aromatic rings. The molecule has 5 nitrogen and oxygen atoms in total. The largest absolute Gasteiger partial charge is 0.337 e. The summed E-state index contributed by atoms with van der Waals surface area (Å²) in [6, 6.07) is 3.92. The van der Waals surface area contributed by atoms with E-state index in [1.54, 1.807) is 30.1 Å². The van der Waals surface area contributed by atoms with Crippen LogP contribution in [0.15, 0.2) is 24.5 Å². The predicted molar refractivity (Wildman–Crippen MR) is 104 cm³/mol. The van der Waals surface area contributed by atoms with Crippen LogP contribution in [0.3, 0.4) is 0 Å². The highest BCUT2D eigenvalue weighted by Gasteiger charge is 2.39. The maximum absolute atomic E-state index is 13.4. The fourth-order valence-electron chi connectivity index (χ4n) is 3.80. The van der Waals surface area contributed by atoms with Gasteiger partial charge in [-0.2, -0.15) is 0 Å². The van der Waals surface area contributed by atoms with Gasteiger partial charge in [0.05, 0.1) is 16.1 Å². The summed E-state index contributed by atoms with van der Waals surface area (Å²) >= 11 is 1.70. The number of nitrogens with zero attached hydrogens (tertiary/aromatic N) is 2. The van der Waals surface area contributed by atoms with Crippen molar-refractivity contribution < 1.29 is 13.2 Å². The quantitative estimate of drug-likeness (QED) is 0.789. The zero-order chi connectivity index (χ0) is 18.5. The third kappa shape index (κ3) is 2.81. The summed E-state index contributed by atoms with van der Waals surface area (Å²) in [7, 11) is -3.19. The third-order valence-electron chi connectivity index (χ3n) is 5.70. The molecular weight excluding hydrogens is 368 g/mol.